The summed E-state index contributed by atoms with van der Waals surface area (Å²) in [7, 11) is 0. The number of hydrogen-bond donors (Lipinski definition) is 0. The first-order valence-corrected chi connectivity index (χ1v) is 34.7. The van der Waals surface area contributed by atoms with Crippen LogP contribution in [-0.4, -0.2) is 37.2 Å². The molecule has 0 saturated heterocycles. The van der Waals surface area contributed by atoms with Crippen molar-refractivity contribution in [3.05, 3.63) is 134 Å². The van der Waals surface area contributed by atoms with Crippen LogP contribution in [0, 0.1) is 0 Å². The van der Waals surface area contributed by atoms with Gasteiger partial charge in [0, 0.05) is 19.3 Å². The van der Waals surface area contributed by atoms with Crippen LogP contribution in [-0.2, 0) is 28.6 Å². The van der Waals surface area contributed by atoms with E-state index in [1.165, 1.54) is 148 Å². The minimum absolute atomic E-state index is 0.0888. The molecular formula is C77H128O6. The van der Waals surface area contributed by atoms with Gasteiger partial charge in [-0.3, -0.25) is 14.4 Å². The predicted molar refractivity (Wildman–Crippen MR) is 362 cm³/mol. The number of hydrogen-bond acceptors (Lipinski definition) is 6. The molecule has 0 radical (unpaired) electrons. The van der Waals surface area contributed by atoms with E-state index in [1.807, 2.05) is 0 Å². The van der Waals surface area contributed by atoms with Gasteiger partial charge in [-0.25, -0.2) is 0 Å². The Morgan fingerprint density at radius 1 is 0.253 bits per heavy atom. The molecule has 0 N–H and O–H groups in total. The van der Waals surface area contributed by atoms with Crippen molar-refractivity contribution in [2.75, 3.05) is 13.2 Å². The van der Waals surface area contributed by atoms with E-state index in [4.69, 9.17) is 14.2 Å². The van der Waals surface area contributed by atoms with Gasteiger partial charge in [-0.2, -0.15) is 0 Å². The molecule has 83 heavy (non-hydrogen) atoms. The number of allylic oxidation sites excluding steroid dienone is 22. The molecule has 1 unspecified atom stereocenters. The molecule has 0 heterocycles. The highest BCUT2D eigenvalue weighted by molar-refractivity contribution is 5.71. The van der Waals surface area contributed by atoms with E-state index in [2.05, 4.69) is 154 Å². The summed E-state index contributed by atoms with van der Waals surface area (Å²) >= 11 is 0. The van der Waals surface area contributed by atoms with Crippen molar-refractivity contribution < 1.29 is 28.6 Å². The molecular weight excluding hydrogens is 1020 g/mol. The molecule has 0 rings (SSSR count). The van der Waals surface area contributed by atoms with Crippen LogP contribution in [0.3, 0.4) is 0 Å². The molecule has 0 aliphatic heterocycles. The molecule has 6 heteroatoms. The summed E-state index contributed by atoms with van der Waals surface area (Å²) < 4.78 is 17.0. The van der Waals surface area contributed by atoms with Crippen LogP contribution in [0.4, 0.5) is 0 Å². The zero-order valence-corrected chi connectivity index (χ0v) is 54.2. The highest BCUT2D eigenvalue weighted by Gasteiger charge is 2.19. The third kappa shape index (κ3) is 68.2. The van der Waals surface area contributed by atoms with Gasteiger partial charge in [-0.1, -0.05) is 296 Å². The molecule has 1 atom stereocenters. The molecule has 0 saturated carbocycles. The zero-order chi connectivity index (χ0) is 59.9. The second-order valence-electron chi connectivity index (χ2n) is 22.7. The second kappa shape index (κ2) is 70.0. The van der Waals surface area contributed by atoms with Gasteiger partial charge >= 0.3 is 17.9 Å². The minimum atomic E-state index is -0.795. The topological polar surface area (TPSA) is 78.9 Å². The van der Waals surface area contributed by atoms with Crippen molar-refractivity contribution in [3.63, 3.8) is 0 Å². The van der Waals surface area contributed by atoms with Crippen LogP contribution < -0.4 is 0 Å². The summed E-state index contributed by atoms with van der Waals surface area (Å²) in [6.45, 7) is 6.40. The van der Waals surface area contributed by atoms with E-state index < -0.39 is 6.10 Å². The van der Waals surface area contributed by atoms with E-state index in [0.29, 0.717) is 19.3 Å². The van der Waals surface area contributed by atoms with Gasteiger partial charge in [0.05, 0.1) is 0 Å². The second-order valence-corrected chi connectivity index (χ2v) is 22.7. The van der Waals surface area contributed by atoms with Crippen molar-refractivity contribution in [1.29, 1.82) is 0 Å². The first-order chi connectivity index (χ1) is 41.0. The van der Waals surface area contributed by atoms with Gasteiger partial charge < -0.3 is 14.2 Å². The van der Waals surface area contributed by atoms with E-state index in [1.54, 1.807) is 0 Å². The van der Waals surface area contributed by atoms with E-state index in [-0.39, 0.29) is 31.1 Å². The Kier molecular flexibility index (Phi) is 66.3. The Bertz CT molecular complexity index is 1750. The first-order valence-electron chi connectivity index (χ1n) is 34.7. The van der Waals surface area contributed by atoms with Gasteiger partial charge in [0.15, 0.2) is 6.10 Å². The Morgan fingerprint density at radius 2 is 0.470 bits per heavy atom. The molecule has 0 fully saturated rings. The van der Waals surface area contributed by atoms with Crippen LogP contribution in [0.5, 0.6) is 0 Å². The number of esters is 3. The standard InChI is InChI=1S/C77H128O6/c1-4-7-10-13-16-19-22-25-28-31-34-36-38-40-43-46-49-52-55-58-61-64-67-70-76(79)82-73-74(72-81-75(78)69-66-63-60-57-54-51-48-45-42-33-30-27-24-21-18-15-12-9-6-3)83-77(80)71-68-65-62-59-56-53-50-47-44-41-39-37-35-32-29-26-23-20-17-14-11-8-5-2/h7-8,10-11,16-21,25-30,34-37,42,45,74H,4-6,9,12-15,22-24,31-33,38-41,43-44,46-73H2,1-3H3/b10-7-,11-8-,19-16-,20-17-,21-18-,28-25-,29-26-,30-27-,36-34-,37-35-,45-42-. The summed E-state index contributed by atoms with van der Waals surface area (Å²) in [6.07, 6.45) is 98.8. The van der Waals surface area contributed by atoms with Gasteiger partial charge in [0.2, 0.25) is 0 Å². The monoisotopic (exact) mass is 1150 g/mol. The van der Waals surface area contributed by atoms with E-state index in [9.17, 15) is 14.4 Å². The lowest BCUT2D eigenvalue weighted by Gasteiger charge is -2.18. The quantitative estimate of drug-likeness (QED) is 0.0261. The minimum Gasteiger partial charge on any atom is -0.462 e. The SMILES string of the molecule is CC/C=C\C/C=C\C/C=C\C/C=C\CCCCCCCCCCCCC(=O)OCC(COC(=O)CCCCCCCC/C=C\C/C=C\C/C=C\CCCCC)OC(=O)CCCCCCCCCCCC/C=C\C/C=C\C/C=C\C/C=C\CC. The molecule has 0 spiro atoms. The molecule has 0 aromatic carbocycles. The fourth-order valence-electron chi connectivity index (χ4n) is 9.49. The van der Waals surface area contributed by atoms with Crippen molar-refractivity contribution in [2.45, 2.75) is 322 Å². The van der Waals surface area contributed by atoms with E-state index >= 15 is 0 Å². The summed E-state index contributed by atoms with van der Waals surface area (Å²) in [4.78, 5) is 38.5. The summed E-state index contributed by atoms with van der Waals surface area (Å²) in [6, 6.07) is 0. The highest BCUT2D eigenvalue weighted by Crippen LogP contribution is 2.16. The summed E-state index contributed by atoms with van der Waals surface area (Å²) in [5, 5.41) is 0. The van der Waals surface area contributed by atoms with Crippen LogP contribution >= 0.6 is 0 Å². The lowest BCUT2D eigenvalue weighted by Crippen LogP contribution is -2.30. The molecule has 0 aromatic heterocycles. The molecule has 0 aromatic rings. The van der Waals surface area contributed by atoms with Crippen molar-refractivity contribution >= 4 is 17.9 Å². The third-order valence-corrected chi connectivity index (χ3v) is 14.6. The van der Waals surface area contributed by atoms with Gasteiger partial charge in [-0.15, -0.1) is 0 Å². The maximum absolute atomic E-state index is 13.0. The Balaban J connectivity index is 4.43. The van der Waals surface area contributed by atoms with Crippen molar-refractivity contribution in [1.82, 2.24) is 0 Å². The third-order valence-electron chi connectivity index (χ3n) is 14.6. The molecule has 6 nitrogen and oxygen atoms in total. The average molecular weight is 1150 g/mol. The summed E-state index contributed by atoms with van der Waals surface area (Å²) in [5.74, 6) is -0.901. The van der Waals surface area contributed by atoms with Crippen LogP contribution in [0.1, 0.15) is 316 Å². The normalized spacial score (nSPS) is 13.0. The fourth-order valence-corrected chi connectivity index (χ4v) is 9.49. The predicted octanol–water partition coefficient (Wildman–Crippen LogP) is 24.1. The lowest BCUT2D eigenvalue weighted by atomic mass is 10.0. The fraction of sp³-hybridized carbons (Fsp3) is 0.675. The van der Waals surface area contributed by atoms with Crippen molar-refractivity contribution in [3.8, 4) is 0 Å². The lowest BCUT2D eigenvalue weighted by molar-refractivity contribution is -0.167. The highest BCUT2D eigenvalue weighted by atomic mass is 16.6. The van der Waals surface area contributed by atoms with Crippen LogP contribution in [0.25, 0.3) is 0 Å². The molecule has 0 aliphatic rings. The number of rotatable bonds is 62. The van der Waals surface area contributed by atoms with Crippen molar-refractivity contribution in [2.24, 2.45) is 0 Å². The van der Waals surface area contributed by atoms with E-state index in [0.717, 1.165) is 128 Å². The molecule has 472 valence electrons. The number of carbonyl (C=O) groups excluding carboxylic acids is 3. The maximum Gasteiger partial charge on any atom is 0.306 e. The number of unbranched alkanes of at least 4 members (excludes halogenated alkanes) is 29. The smallest absolute Gasteiger partial charge is 0.306 e. The average Bonchev–Trinajstić information content (AvgIpc) is 3.49. The largest absolute Gasteiger partial charge is 0.462 e. The Morgan fingerprint density at radius 3 is 0.735 bits per heavy atom. The van der Waals surface area contributed by atoms with Gasteiger partial charge in [-0.05, 0) is 135 Å². The summed E-state index contributed by atoms with van der Waals surface area (Å²) in [5.41, 5.74) is 0. The molecule has 0 bridgehead atoms. The molecule has 0 amide bonds. The first kappa shape index (κ1) is 78.5. The van der Waals surface area contributed by atoms with Crippen LogP contribution in [0.15, 0.2) is 134 Å². The van der Waals surface area contributed by atoms with Gasteiger partial charge in [0.1, 0.15) is 13.2 Å². The maximum atomic E-state index is 13.0. The number of ether oxygens (including phenoxy) is 3. The zero-order valence-electron chi connectivity index (χ0n) is 54.2. The van der Waals surface area contributed by atoms with Crippen LogP contribution in [0.2, 0.25) is 0 Å². The van der Waals surface area contributed by atoms with Gasteiger partial charge in [0.25, 0.3) is 0 Å². The Hall–Kier alpha value is -4.45. The number of carbonyl (C=O) groups is 3. The molecule has 0 aliphatic carbocycles. The Labute approximate surface area is 513 Å².